The van der Waals surface area contributed by atoms with Crippen LogP contribution >= 0.6 is 0 Å². The molecule has 1 aromatic rings. The van der Waals surface area contributed by atoms with E-state index in [9.17, 15) is 0 Å². The van der Waals surface area contributed by atoms with Gasteiger partial charge in [0.15, 0.2) is 0 Å². The van der Waals surface area contributed by atoms with Crippen molar-refractivity contribution in [2.24, 2.45) is 0 Å². The van der Waals surface area contributed by atoms with Crippen LogP contribution in [0.1, 0.15) is 25.0 Å². The molecule has 68 valence electrons. The van der Waals surface area contributed by atoms with E-state index in [4.69, 9.17) is 5.26 Å². The molecule has 1 heterocycles. The van der Waals surface area contributed by atoms with Crippen molar-refractivity contribution in [3.8, 4) is 6.07 Å². The van der Waals surface area contributed by atoms with Gasteiger partial charge in [0.25, 0.3) is 0 Å². The van der Waals surface area contributed by atoms with Crippen LogP contribution in [0, 0.1) is 18.3 Å². The quantitative estimate of drug-likeness (QED) is 0.633. The normalized spacial score (nSPS) is 9.38. The smallest absolute Gasteiger partial charge is 0.101 e. The summed E-state index contributed by atoms with van der Waals surface area (Å²) >= 11 is 0. The van der Waals surface area contributed by atoms with Crippen molar-refractivity contribution in [1.29, 1.82) is 5.26 Å². The van der Waals surface area contributed by atoms with E-state index in [1.54, 1.807) is 0 Å². The number of allylic oxidation sites excluding steroid dienone is 2. The number of nitriles is 1. The predicted molar refractivity (Wildman–Crippen MR) is 53.3 cm³/mol. The zero-order valence-electron chi connectivity index (χ0n) is 8.33. The first-order valence-electron chi connectivity index (χ1n) is 4.33. The van der Waals surface area contributed by atoms with Crippen molar-refractivity contribution < 1.29 is 0 Å². The summed E-state index contributed by atoms with van der Waals surface area (Å²) in [6, 6.07) is 2.16. The molecule has 0 spiro atoms. The zero-order chi connectivity index (χ0) is 9.84. The summed E-state index contributed by atoms with van der Waals surface area (Å²) < 4.78 is 2.03. The van der Waals surface area contributed by atoms with Crippen LogP contribution in [0.5, 0.6) is 0 Å². The zero-order valence-corrected chi connectivity index (χ0v) is 8.33. The van der Waals surface area contributed by atoms with Crippen LogP contribution in [-0.2, 0) is 6.54 Å². The third-order valence-electron chi connectivity index (χ3n) is 1.91. The topological polar surface area (TPSA) is 28.7 Å². The van der Waals surface area contributed by atoms with Crippen LogP contribution in [0.2, 0.25) is 0 Å². The maximum absolute atomic E-state index is 8.73. The van der Waals surface area contributed by atoms with E-state index >= 15 is 0 Å². The molecule has 0 atom stereocenters. The number of hydrogen-bond donors (Lipinski definition) is 0. The molecule has 2 nitrogen and oxygen atoms in total. The number of nitrogens with zero attached hydrogens (tertiary/aromatic N) is 2. The fraction of sp³-hybridized carbons (Fsp3) is 0.364. The summed E-state index contributed by atoms with van der Waals surface area (Å²) in [4.78, 5) is 0. The highest BCUT2D eigenvalue weighted by molar-refractivity contribution is 5.34. The minimum Gasteiger partial charge on any atom is -0.349 e. The average Bonchev–Trinajstić information content (AvgIpc) is 2.43. The summed E-state index contributed by atoms with van der Waals surface area (Å²) in [5.74, 6) is 0. The van der Waals surface area contributed by atoms with Gasteiger partial charge in [0.1, 0.15) is 6.07 Å². The molecule has 0 amide bonds. The molecule has 1 rings (SSSR count). The van der Waals surface area contributed by atoms with Gasteiger partial charge in [-0.3, -0.25) is 0 Å². The monoisotopic (exact) mass is 174 g/mol. The van der Waals surface area contributed by atoms with Crippen molar-refractivity contribution in [3.05, 3.63) is 35.2 Å². The molecule has 0 aliphatic heterocycles. The molecule has 1 aromatic heterocycles. The average molecular weight is 174 g/mol. The Morgan fingerprint density at radius 3 is 2.69 bits per heavy atom. The standard InChI is InChI=1S/C11H14N2/c1-9(2)4-5-13-7-10(3)11(6-12)8-13/h4,7-8H,5H2,1-3H3. The molecule has 0 saturated carbocycles. The summed E-state index contributed by atoms with van der Waals surface area (Å²) in [5, 5.41) is 8.73. The molecular weight excluding hydrogens is 160 g/mol. The van der Waals surface area contributed by atoms with Crippen LogP contribution in [0.3, 0.4) is 0 Å². The number of aromatic nitrogens is 1. The van der Waals surface area contributed by atoms with Crippen molar-refractivity contribution in [2.45, 2.75) is 27.3 Å². The molecule has 0 bridgehead atoms. The van der Waals surface area contributed by atoms with Crippen molar-refractivity contribution in [3.63, 3.8) is 0 Å². The molecule has 2 heteroatoms. The van der Waals surface area contributed by atoms with E-state index in [1.165, 1.54) is 5.57 Å². The van der Waals surface area contributed by atoms with Crippen LogP contribution in [0.4, 0.5) is 0 Å². The van der Waals surface area contributed by atoms with Crippen molar-refractivity contribution in [2.75, 3.05) is 0 Å². The highest BCUT2D eigenvalue weighted by Crippen LogP contribution is 2.08. The molecule has 0 saturated heterocycles. The molecule has 0 unspecified atom stereocenters. The Balaban J connectivity index is 2.81. The second kappa shape index (κ2) is 3.95. The largest absolute Gasteiger partial charge is 0.349 e. The molecule has 0 aliphatic rings. The predicted octanol–water partition coefficient (Wildman–Crippen LogP) is 2.63. The molecule has 0 radical (unpaired) electrons. The highest BCUT2D eigenvalue weighted by Gasteiger charge is 1.99. The van der Waals surface area contributed by atoms with E-state index < -0.39 is 0 Å². The first-order chi connectivity index (χ1) is 6.13. The van der Waals surface area contributed by atoms with E-state index in [0.717, 1.165) is 17.7 Å². The van der Waals surface area contributed by atoms with Gasteiger partial charge in [-0.2, -0.15) is 5.26 Å². The maximum Gasteiger partial charge on any atom is 0.101 e. The van der Waals surface area contributed by atoms with Gasteiger partial charge in [0, 0.05) is 18.9 Å². The summed E-state index contributed by atoms with van der Waals surface area (Å²) in [7, 11) is 0. The maximum atomic E-state index is 8.73. The van der Waals surface area contributed by atoms with Crippen LogP contribution in [0.15, 0.2) is 24.0 Å². The summed E-state index contributed by atoms with van der Waals surface area (Å²) in [5.41, 5.74) is 3.11. The fourth-order valence-corrected chi connectivity index (χ4v) is 1.13. The van der Waals surface area contributed by atoms with Gasteiger partial charge in [-0.05, 0) is 26.3 Å². The van der Waals surface area contributed by atoms with Gasteiger partial charge in [-0.25, -0.2) is 0 Å². The van der Waals surface area contributed by atoms with Gasteiger partial charge in [0.05, 0.1) is 5.56 Å². The Morgan fingerprint density at radius 2 is 2.23 bits per heavy atom. The van der Waals surface area contributed by atoms with Crippen molar-refractivity contribution in [1.82, 2.24) is 4.57 Å². The molecule has 0 aliphatic carbocycles. The van der Waals surface area contributed by atoms with E-state index in [0.29, 0.717) is 0 Å². The summed E-state index contributed by atoms with van der Waals surface area (Å²) in [6.45, 7) is 6.95. The molecule has 0 fully saturated rings. The third-order valence-corrected chi connectivity index (χ3v) is 1.91. The van der Waals surface area contributed by atoms with Gasteiger partial charge in [0.2, 0.25) is 0 Å². The Kier molecular flexibility index (Phi) is 2.92. The van der Waals surface area contributed by atoms with E-state index in [1.807, 2.05) is 23.9 Å². The first-order valence-corrected chi connectivity index (χ1v) is 4.33. The first kappa shape index (κ1) is 9.60. The SMILES string of the molecule is CC(C)=CCn1cc(C)c(C#N)c1. The lowest BCUT2D eigenvalue weighted by Crippen LogP contribution is -1.90. The van der Waals surface area contributed by atoms with Crippen LogP contribution in [-0.4, -0.2) is 4.57 Å². The van der Waals surface area contributed by atoms with Crippen molar-refractivity contribution >= 4 is 0 Å². The Hall–Kier alpha value is -1.49. The molecular formula is C11H14N2. The van der Waals surface area contributed by atoms with E-state index in [2.05, 4.69) is 26.0 Å². The lowest BCUT2D eigenvalue weighted by Gasteiger charge is -1.96. The molecule has 0 aromatic carbocycles. The Labute approximate surface area is 79.1 Å². The van der Waals surface area contributed by atoms with E-state index in [-0.39, 0.29) is 0 Å². The number of aryl methyl sites for hydroxylation is 1. The second-order valence-corrected chi connectivity index (χ2v) is 3.44. The lowest BCUT2D eigenvalue weighted by molar-refractivity contribution is 0.821. The van der Waals surface area contributed by atoms with Crippen LogP contribution < -0.4 is 0 Å². The highest BCUT2D eigenvalue weighted by atomic mass is 14.9. The van der Waals surface area contributed by atoms with Gasteiger partial charge in [-0.15, -0.1) is 0 Å². The Morgan fingerprint density at radius 1 is 1.54 bits per heavy atom. The van der Waals surface area contributed by atoms with Gasteiger partial charge >= 0.3 is 0 Å². The number of hydrogen-bond acceptors (Lipinski definition) is 1. The van der Waals surface area contributed by atoms with Gasteiger partial charge < -0.3 is 4.57 Å². The number of rotatable bonds is 2. The second-order valence-electron chi connectivity index (χ2n) is 3.44. The van der Waals surface area contributed by atoms with Crippen LogP contribution in [0.25, 0.3) is 0 Å². The summed E-state index contributed by atoms with van der Waals surface area (Å²) in [6.07, 6.45) is 6.02. The van der Waals surface area contributed by atoms with Gasteiger partial charge in [-0.1, -0.05) is 11.6 Å². The Bertz CT molecular complexity index is 360. The minimum atomic E-state index is 0.766. The third kappa shape index (κ3) is 2.48. The minimum absolute atomic E-state index is 0.766. The molecule has 0 N–H and O–H groups in total. The molecule has 13 heavy (non-hydrogen) atoms. The lowest BCUT2D eigenvalue weighted by atomic mass is 10.2. The fourth-order valence-electron chi connectivity index (χ4n) is 1.13.